The number of rotatable bonds is 7. The molecule has 142 valence electrons. The number of carboxylic acid groups (broad SMARTS) is 2. The Kier molecular flexibility index (Phi) is 9.37. The second-order valence-electron chi connectivity index (χ2n) is 5.11. The molecule has 0 spiro atoms. The lowest BCUT2D eigenvalue weighted by Gasteiger charge is -2.18. The monoisotopic (exact) mass is 372 g/mol. The first-order valence-corrected chi connectivity index (χ1v) is 7.76. The number of nitrogens with zero attached hydrogens (tertiary/aromatic N) is 1. The zero-order chi connectivity index (χ0) is 20.1. The molecule has 0 heterocycles. The Hall–Kier alpha value is -3.65. The molecule has 0 aliphatic carbocycles. The van der Waals surface area contributed by atoms with Gasteiger partial charge in [0.15, 0.2) is 5.84 Å². The van der Waals surface area contributed by atoms with Crippen LogP contribution in [-0.4, -0.2) is 39.8 Å². The van der Waals surface area contributed by atoms with E-state index in [1.807, 2.05) is 60.7 Å². The number of aliphatic carboxylic acids is 2. The van der Waals surface area contributed by atoms with E-state index in [1.54, 1.807) is 0 Å². The topological polar surface area (TPSA) is 142 Å². The van der Waals surface area contributed by atoms with Crippen molar-refractivity contribution in [3.8, 4) is 0 Å². The fraction of sp³-hybridized carbons (Fsp3) is 0.105. The van der Waals surface area contributed by atoms with Crippen LogP contribution in [0.5, 0.6) is 0 Å². The van der Waals surface area contributed by atoms with E-state index in [0.29, 0.717) is 12.2 Å². The number of ether oxygens (including phenoxy) is 1. The minimum atomic E-state index is -1.26. The maximum atomic E-state index is 9.55. The first kappa shape index (κ1) is 21.4. The SMILES string of the molecule is N/C(COC(c1ccccc1)c1ccccc1)=N/O.O=C(O)/C=C\C(=O)O. The highest BCUT2D eigenvalue weighted by Crippen LogP contribution is 2.25. The van der Waals surface area contributed by atoms with Gasteiger partial charge in [0.05, 0.1) is 0 Å². The largest absolute Gasteiger partial charge is 0.478 e. The van der Waals surface area contributed by atoms with E-state index < -0.39 is 11.9 Å². The maximum absolute atomic E-state index is 9.55. The summed E-state index contributed by atoms with van der Waals surface area (Å²) in [6.07, 6.45) is 0.882. The fourth-order valence-corrected chi connectivity index (χ4v) is 1.98. The highest BCUT2D eigenvalue weighted by Gasteiger charge is 2.14. The Morgan fingerprint density at radius 3 is 1.67 bits per heavy atom. The van der Waals surface area contributed by atoms with E-state index in [1.165, 1.54) is 0 Å². The lowest BCUT2D eigenvalue weighted by atomic mass is 10.0. The Balaban J connectivity index is 0.000000387. The molecule has 0 unspecified atom stereocenters. The van der Waals surface area contributed by atoms with Crippen LogP contribution in [0, 0.1) is 0 Å². The van der Waals surface area contributed by atoms with E-state index in [0.717, 1.165) is 11.1 Å². The summed E-state index contributed by atoms with van der Waals surface area (Å²) in [5, 5.41) is 27.1. The van der Waals surface area contributed by atoms with E-state index in [9.17, 15) is 9.59 Å². The van der Waals surface area contributed by atoms with E-state index in [4.69, 9.17) is 25.9 Å². The number of oxime groups is 1. The van der Waals surface area contributed by atoms with Gasteiger partial charge >= 0.3 is 11.9 Å². The molecule has 0 atom stereocenters. The molecule has 2 aromatic rings. The molecule has 2 rings (SSSR count). The number of hydrogen-bond acceptors (Lipinski definition) is 5. The Morgan fingerprint density at radius 1 is 0.926 bits per heavy atom. The third kappa shape index (κ3) is 8.84. The van der Waals surface area contributed by atoms with Crippen LogP contribution < -0.4 is 5.73 Å². The van der Waals surface area contributed by atoms with Crippen molar-refractivity contribution in [2.45, 2.75) is 6.10 Å². The Labute approximate surface area is 155 Å². The van der Waals surface area contributed by atoms with Crippen molar-refractivity contribution in [1.82, 2.24) is 0 Å². The number of amidine groups is 1. The lowest BCUT2D eigenvalue weighted by molar-refractivity contribution is -0.134. The van der Waals surface area contributed by atoms with Crippen molar-refractivity contribution < 1.29 is 29.7 Å². The third-order valence-electron chi connectivity index (χ3n) is 3.10. The predicted molar refractivity (Wildman–Crippen MR) is 98.5 cm³/mol. The third-order valence-corrected chi connectivity index (χ3v) is 3.10. The van der Waals surface area contributed by atoms with Crippen LogP contribution in [0.25, 0.3) is 0 Å². The summed E-state index contributed by atoms with van der Waals surface area (Å²) in [6, 6.07) is 19.7. The molecule has 8 nitrogen and oxygen atoms in total. The van der Waals surface area contributed by atoms with Crippen LogP contribution in [0.4, 0.5) is 0 Å². The first-order valence-electron chi connectivity index (χ1n) is 7.76. The number of nitrogens with two attached hydrogens (primary N) is 1. The molecule has 0 fully saturated rings. The molecule has 0 bridgehead atoms. The molecule has 0 saturated heterocycles. The normalized spacial score (nSPS) is 11.1. The highest BCUT2D eigenvalue weighted by atomic mass is 16.5. The van der Waals surface area contributed by atoms with E-state index in [-0.39, 0.29) is 18.5 Å². The van der Waals surface area contributed by atoms with Crippen molar-refractivity contribution in [2.75, 3.05) is 6.61 Å². The molecule has 8 heteroatoms. The van der Waals surface area contributed by atoms with Gasteiger partial charge in [-0.15, -0.1) is 0 Å². The quantitative estimate of drug-likeness (QED) is 0.192. The average molecular weight is 372 g/mol. The van der Waals surface area contributed by atoms with Gasteiger partial charge in [-0.3, -0.25) is 0 Å². The smallest absolute Gasteiger partial charge is 0.328 e. The van der Waals surface area contributed by atoms with Crippen LogP contribution in [0.3, 0.4) is 0 Å². The van der Waals surface area contributed by atoms with Gasteiger partial charge in [0.25, 0.3) is 0 Å². The van der Waals surface area contributed by atoms with Crippen molar-refractivity contribution in [1.29, 1.82) is 0 Å². The van der Waals surface area contributed by atoms with Crippen molar-refractivity contribution in [3.05, 3.63) is 83.9 Å². The molecule has 0 radical (unpaired) electrons. The van der Waals surface area contributed by atoms with Gasteiger partial charge in [-0.2, -0.15) is 0 Å². The number of hydrogen-bond donors (Lipinski definition) is 4. The number of benzene rings is 2. The van der Waals surface area contributed by atoms with Crippen molar-refractivity contribution >= 4 is 17.8 Å². The predicted octanol–water partition coefficient (Wildman–Crippen LogP) is 2.25. The first-order chi connectivity index (χ1) is 12.9. The minimum absolute atomic E-state index is 0.0527. The summed E-state index contributed by atoms with van der Waals surface area (Å²) in [4.78, 5) is 19.1. The van der Waals surface area contributed by atoms with Gasteiger partial charge in [0.1, 0.15) is 12.7 Å². The Morgan fingerprint density at radius 2 is 1.33 bits per heavy atom. The summed E-state index contributed by atoms with van der Waals surface area (Å²) >= 11 is 0. The van der Waals surface area contributed by atoms with Gasteiger partial charge < -0.3 is 25.9 Å². The molecule has 0 saturated carbocycles. The zero-order valence-electron chi connectivity index (χ0n) is 14.3. The molecular formula is C19H20N2O6. The molecule has 27 heavy (non-hydrogen) atoms. The highest BCUT2D eigenvalue weighted by molar-refractivity contribution is 5.89. The second kappa shape index (κ2) is 11.8. The molecule has 2 aromatic carbocycles. The zero-order valence-corrected chi connectivity index (χ0v) is 14.3. The van der Waals surface area contributed by atoms with E-state index >= 15 is 0 Å². The van der Waals surface area contributed by atoms with Crippen LogP contribution >= 0.6 is 0 Å². The molecule has 0 amide bonds. The summed E-state index contributed by atoms with van der Waals surface area (Å²) in [5.41, 5.74) is 7.51. The van der Waals surface area contributed by atoms with Gasteiger partial charge in [-0.1, -0.05) is 65.8 Å². The molecule has 0 aliphatic heterocycles. The molecule has 5 N–H and O–H groups in total. The summed E-state index contributed by atoms with van der Waals surface area (Å²) in [5.74, 6) is -2.46. The van der Waals surface area contributed by atoms with Gasteiger partial charge in [-0.05, 0) is 11.1 Å². The van der Waals surface area contributed by atoms with Gasteiger partial charge in [0, 0.05) is 12.2 Å². The molecule has 0 aromatic heterocycles. The van der Waals surface area contributed by atoms with Crippen LogP contribution in [-0.2, 0) is 14.3 Å². The minimum Gasteiger partial charge on any atom is -0.478 e. The summed E-state index contributed by atoms with van der Waals surface area (Å²) in [7, 11) is 0. The van der Waals surface area contributed by atoms with Crippen molar-refractivity contribution in [3.63, 3.8) is 0 Å². The maximum Gasteiger partial charge on any atom is 0.328 e. The summed E-state index contributed by atoms with van der Waals surface area (Å²) < 4.78 is 5.75. The van der Waals surface area contributed by atoms with Crippen LogP contribution in [0.15, 0.2) is 78.0 Å². The molecular weight excluding hydrogens is 352 g/mol. The summed E-state index contributed by atoms with van der Waals surface area (Å²) in [6.45, 7) is 0.0744. The number of carbonyl (C=O) groups is 2. The lowest BCUT2D eigenvalue weighted by Crippen LogP contribution is -2.21. The van der Waals surface area contributed by atoms with Gasteiger partial charge in [-0.25, -0.2) is 9.59 Å². The standard InChI is InChI=1S/C15H16N2O2.C4H4O4/c16-14(17-18)11-19-15(12-7-3-1-4-8-12)13-9-5-2-6-10-13;5-3(6)1-2-4(7)8/h1-10,15,18H,11H2,(H2,16,17);1-2H,(H,5,6)(H,7,8)/b;2-1-. The van der Waals surface area contributed by atoms with Crippen molar-refractivity contribution in [2.24, 2.45) is 10.9 Å². The van der Waals surface area contributed by atoms with Crippen LogP contribution in [0.2, 0.25) is 0 Å². The molecule has 0 aliphatic rings. The second-order valence-corrected chi connectivity index (χ2v) is 5.11. The number of carboxylic acids is 2. The van der Waals surface area contributed by atoms with Gasteiger partial charge in [0.2, 0.25) is 0 Å². The fourth-order valence-electron chi connectivity index (χ4n) is 1.98. The Bertz CT molecular complexity index is 720. The average Bonchev–Trinajstić information content (AvgIpc) is 2.68. The van der Waals surface area contributed by atoms with E-state index in [2.05, 4.69) is 5.16 Å². The van der Waals surface area contributed by atoms with Crippen LogP contribution in [0.1, 0.15) is 17.2 Å².